The highest BCUT2D eigenvalue weighted by Gasteiger charge is 2.21. The first-order chi connectivity index (χ1) is 8.06. The molecule has 1 atom stereocenters. The van der Waals surface area contributed by atoms with Crippen LogP contribution in [-0.2, 0) is 11.3 Å². The molecule has 1 aromatic carbocycles. The van der Waals surface area contributed by atoms with E-state index < -0.39 is 12.0 Å². The van der Waals surface area contributed by atoms with Crippen molar-refractivity contribution < 1.29 is 9.90 Å². The van der Waals surface area contributed by atoms with Crippen LogP contribution in [-0.4, -0.2) is 29.1 Å². The maximum atomic E-state index is 11.1. The first kappa shape index (κ1) is 14.0. The monoisotopic (exact) mass is 255 g/mol. The van der Waals surface area contributed by atoms with E-state index in [1.807, 2.05) is 43.1 Å². The second kappa shape index (κ2) is 6.62. The smallest absolute Gasteiger partial charge is 0.320 e. The van der Waals surface area contributed by atoms with Crippen LogP contribution < -0.4 is 0 Å². The minimum atomic E-state index is -0.776. The third-order valence-electron chi connectivity index (χ3n) is 2.76. The SMILES string of the molecule is CCCC(C(=O)O)N(C)Cc1ccccc1Cl. The van der Waals surface area contributed by atoms with Gasteiger partial charge in [-0.15, -0.1) is 0 Å². The lowest BCUT2D eigenvalue weighted by Crippen LogP contribution is -2.37. The van der Waals surface area contributed by atoms with Gasteiger partial charge in [-0.3, -0.25) is 9.69 Å². The summed E-state index contributed by atoms with van der Waals surface area (Å²) < 4.78 is 0. The third kappa shape index (κ3) is 4.02. The summed E-state index contributed by atoms with van der Waals surface area (Å²) in [5, 5.41) is 9.83. The number of hydrogen-bond donors (Lipinski definition) is 1. The Morgan fingerprint density at radius 2 is 2.12 bits per heavy atom. The van der Waals surface area contributed by atoms with Crippen LogP contribution in [0.2, 0.25) is 5.02 Å². The molecule has 0 radical (unpaired) electrons. The normalized spacial score (nSPS) is 12.7. The van der Waals surface area contributed by atoms with Gasteiger partial charge in [-0.05, 0) is 25.1 Å². The molecule has 0 spiro atoms. The molecule has 0 aliphatic heterocycles. The first-order valence-electron chi connectivity index (χ1n) is 5.72. The highest BCUT2D eigenvalue weighted by molar-refractivity contribution is 6.31. The highest BCUT2D eigenvalue weighted by Crippen LogP contribution is 2.18. The first-order valence-corrected chi connectivity index (χ1v) is 6.10. The average molecular weight is 256 g/mol. The molecule has 0 bridgehead atoms. The summed E-state index contributed by atoms with van der Waals surface area (Å²) in [6.45, 7) is 2.54. The summed E-state index contributed by atoms with van der Waals surface area (Å²) >= 11 is 6.06. The molecule has 0 aromatic heterocycles. The fourth-order valence-electron chi connectivity index (χ4n) is 1.81. The number of likely N-dealkylation sites (N-methyl/N-ethyl adjacent to an activating group) is 1. The summed E-state index contributed by atoms with van der Waals surface area (Å²) in [5.74, 6) is -0.776. The van der Waals surface area contributed by atoms with Crippen molar-refractivity contribution in [2.24, 2.45) is 0 Å². The van der Waals surface area contributed by atoms with Gasteiger partial charge in [0.15, 0.2) is 0 Å². The fourth-order valence-corrected chi connectivity index (χ4v) is 2.01. The predicted molar refractivity (Wildman–Crippen MR) is 69.3 cm³/mol. The Hall–Kier alpha value is -1.06. The van der Waals surface area contributed by atoms with Crippen molar-refractivity contribution in [3.8, 4) is 0 Å². The Kier molecular flexibility index (Phi) is 5.45. The Morgan fingerprint density at radius 3 is 2.65 bits per heavy atom. The van der Waals surface area contributed by atoms with E-state index in [9.17, 15) is 4.79 Å². The number of hydrogen-bond acceptors (Lipinski definition) is 2. The molecule has 0 fully saturated rings. The molecule has 0 heterocycles. The second-order valence-corrected chi connectivity index (χ2v) is 4.56. The van der Waals surface area contributed by atoms with Crippen molar-refractivity contribution in [2.45, 2.75) is 32.4 Å². The van der Waals surface area contributed by atoms with Crippen molar-refractivity contribution in [2.75, 3.05) is 7.05 Å². The van der Waals surface area contributed by atoms with Crippen LogP contribution >= 0.6 is 11.6 Å². The standard InChI is InChI=1S/C13H18ClNO2/c1-3-6-12(13(16)17)15(2)9-10-7-4-5-8-11(10)14/h4-5,7-8,12H,3,6,9H2,1-2H3,(H,16,17). The molecule has 0 saturated carbocycles. The molecule has 94 valence electrons. The lowest BCUT2D eigenvalue weighted by molar-refractivity contribution is -0.143. The Bertz CT molecular complexity index is 381. The number of carbonyl (C=O) groups is 1. The van der Waals surface area contributed by atoms with E-state index in [1.165, 1.54) is 0 Å². The number of aliphatic carboxylic acids is 1. The summed E-state index contributed by atoms with van der Waals surface area (Å²) in [4.78, 5) is 13.0. The Labute approximate surface area is 107 Å². The zero-order chi connectivity index (χ0) is 12.8. The van der Waals surface area contributed by atoms with E-state index >= 15 is 0 Å². The molecule has 17 heavy (non-hydrogen) atoms. The maximum absolute atomic E-state index is 11.1. The van der Waals surface area contributed by atoms with Gasteiger partial charge in [0.1, 0.15) is 6.04 Å². The summed E-state index contributed by atoms with van der Waals surface area (Å²) in [6.07, 6.45) is 1.50. The van der Waals surface area contributed by atoms with Crippen molar-refractivity contribution in [3.63, 3.8) is 0 Å². The van der Waals surface area contributed by atoms with Crippen LogP contribution in [0.4, 0.5) is 0 Å². The third-order valence-corrected chi connectivity index (χ3v) is 3.13. The molecule has 0 aliphatic rings. The largest absolute Gasteiger partial charge is 0.480 e. The highest BCUT2D eigenvalue weighted by atomic mass is 35.5. The zero-order valence-electron chi connectivity index (χ0n) is 10.2. The van der Waals surface area contributed by atoms with Crippen molar-refractivity contribution >= 4 is 17.6 Å². The van der Waals surface area contributed by atoms with Crippen LogP contribution in [0.3, 0.4) is 0 Å². The predicted octanol–water partition coefficient (Wildman–Crippen LogP) is 3.03. The van der Waals surface area contributed by atoms with Crippen LogP contribution in [0, 0.1) is 0 Å². The molecule has 0 amide bonds. The summed E-state index contributed by atoms with van der Waals surface area (Å²) in [7, 11) is 1.82. The van der Waals surface area contributed by atoms with E-state index in [0.717, 1.165) is 12.0 Å². The number of rotatable bonds is 6. The van der Waals surface area contributed by atoms with Crippen LogP contribution in [0.5, 0.6) is 0 Å². The quantitative estimate of drug-likeness (QED) is 0.850. The van der Waals surface area contributed by atoms with E-state index in [1.54, 1.807) is 0 Å². The van der Waals surface area contributed by atoms with E-state index in [-0.39, 0.29) is 0 Å². The van der Waals surface area contributed by atoms with Crippen molar-refractivity contribution in [3.05, 3.63) is 34.9 Å². The van der Waals surface area contributed by atoms with Gasteiger partial charge in [-0.25, -0.2) is 0 Å². The van der Waals surface area contributed by atoms with Crippen LogP contribution in [0.15, 0.2) is 24.3 Å². The van der Waals surface area contributed by atoms with Gasteiger partial charge in [0.2, 0.25) is 0 Å². The topological polar surface area (TPSA) is 40.5 Å². The fraction of sp³-hybridized carbons (Fsp3) is 0.462. The second-order valence-electron chi connectivity index (χ2n) is 4.15. The molecular formula is C13H18ClNO2. The zero-order valence-corrected chi connectivity index (χ0v) is 10.9. The molecule has 1 rings (SSSR count). The van der Waals surface area contributed by atoms with Gasteiger partial charge in [0.25, 0.3) is 0 Å². The molecule has 0 saturated heterocycles. The van der Waals surface area contributed by atoms with Crippen molar-refractivity contribution in [1.82, 2.24) is 4.90 Å². The number of halogens is 1. The van der Waals surface area contributed by atoms with Crippen molar-refractivity contribution in [1.29, 1.82) is 0 Å². The van der Waals surface area contributed by atoms with E-state index in [2.05, 4.69) is 0 Å². The number of nitrogens with zero attached hydrogens (tertiary/aromatic N) is 1. The van der Waals surface area contributed by atoms with Crippen LogP contribution in [0.1, 0.15) is 25.3 Å². The summed E-state index contributed by atoms with van der Waals surface area (Å²) in [6, 6.07) is 7.07. The molecule has 0 aliphatic carbocycles. The van der Waals surface area contributed by atoms with Gasteiger partial charge >= 0.3 is 5.97 Å². The minimum Gasteiger partial charge on any atom is -0.480 e. The molecule has 1 unspecified atom stereocenters. The molecule has 3 nitrogen and oxygen atoms in total. The molecule has 1 aromatic rings. The number of carboxylic acid groups (broad SMARTS) is 1. The van der Waals surface area contributed by atoms with E-state index in [4.69, 9.17) is 16.7 Å². The van der Waals surface area contributed by atoms with Crippen LogP contribution in [0.25, 0.3) is 0 Å². The molecular weight excluding hydrogens is 238 g/mol. The maximum Gasteiger partial charge on any atom is 0.320 e. The van der Waals surface area contributed by atoms with Gasteiger partial charge < -0.3 is 5.11 Å². The lowest BCUT2D eigenvalue weighted by atomic mass is 10.1. The number of carboxylic acids is 1. The number of benzene rings is 1. The Morgan fingerprint density at radius 1 is 1.47 bits per heavy atom. The van der Waals surface area contributed by atoms with Gasteiger partial charge in [-0.1, -0.05) is 43.1 Å². The summed E-state index contributed by atoms with van der Waals surface area (Å²) in [5.41, 5.74) is 0.957. The molecule has 4 heteroatoms. The Balaban J connectivity index is 2.73. The minimum absolute atomic E-state index is 0.448. The lowest BCUT2D eigenvalue weighted by Gasteiger charge is -2.24. The average Bonchev–Trinajstić information content (AvgIpc) is 2.28. The van der Waals surface area contributed by atoms with Gasteiger partial charge in [-0.2, -0.15) is 0 Å². The van der Waals surface area contributed by atoms with Gasteiger partial charge in [0, 0.05) is 11.6 Å². The van der Waals surface area contributed by atoms with Gasteiger partial charge in [0.05, 0.1) is 0 Å². The van der Waals surface area contributed by atoms with E-state index in [0.29, 0.717) is 18.0 Å². The molecule has 1 N–H and O–H groups in total.